The number of aromatic nitrogens is 4. The topological polar surface area (TPSA) is 56.7 Å². The van der Waals surface area contributed by atoms with Gasteiger partial charge in [-0.1, -0.05) is 59.5 Å². The van der Waals surface area contributed by atoms with Crippen LogP contribution in [0.15, 0.2) is 126 Å². The van der Waals surface area contributed by atoms with Crippen LogP contribution >= 0.6 is 0 Å². The number of para-hydroxylation sites is 2. The Labute approximate surface area is 346 Å². The fraction of sp³-hybridized carbons (Fsp3) is 0.188. The Morgan fingerprint density at radius 2 is 1.65 bits per heavy atom. The van der Waals surface area contributed by atoms with E-state index >= 15 is 0 Å². The first-order chi connectivity index (χ1) is 28.0. The van der Waals surface area contributed by atoms with E-state index in [4.69, 9.17) is 16.3 Å². The molecule has 0 aliphatic heterocycles. The van der Waals surface area contributed by atoms with Gasteiger partial charge in [0.25, 0.3) is 0 Å². The van der Waals surface area contributed by atoms with Crippen molar-refractivity contribution in [1.29, 1.82) is 0 Å². The van der Waals surface area contributed by atoms with Crippen LogP contribution in [-0.4, -0.2) is 32.8 Å². The third-order valence-corrected chi connectivity index (χ3v) is 13.7. The van der Waals surface area contributed by atoms with Gasteiger partial charge in [-0.25, -0.2) is 4.98 Å². The second-order valence-corrected chi connectivity index (χ2v) is 25.5. The van der Waals surface area contributed by atoms with E-state index in [-0.39, 0.29) is 31.6 Å². The van der Waals surface area contributed by atoms with Gasteiger partial charge in [0.05, 0.1) is 22.4 Å². The Hall–Kier alpha value is -4.88. The third-order valence-electron chi connectivity index (χ3n) is 9.47. The molecule has 9 rings (SSSR count). The van der Waals surface area contributed by atoms with Gasteiger partial charge in [0.2, 0.25) is 5.71 Å². The molecule has 0 aliphatic carbocycles. The summed E-state index contributed by atoms with van der Waals surface area (Å²) >= 11 is -2.32. The second kappa shape index (κ2) is 15.7. The van der Waals surface area contributed by atoms with Crippen LogP contribution in [0, 0.1) is 31.8 Å². The van der Waals surface area contributed by atoms with Crippen molar-refractivity contribution in [2.75, 3.05) is 0 Å². The smallest absolute Gasteiger partial charge is 0 e. The molecule has 0 saturated heterocycles. The number of furan rings is 1. The second-order valence-electron chi connectivity index (χ2n) is 14.9. The zero-order chi connectivity index (χ0) is 41.9. The average molecular weight is 963 g/mol. The number of hydrogen-bond donors (Lipinski definition) is 0. The maximum atomic E-state index is 8.60. The van der Waals surface area contributed by atoms with E-state index in [1.165, 1.54) is 16.8 Å². The minimum Gasteiger partial charge on any atom is 0 e. The van der Waals surface area contributed by atoms with Gasteiger partial charge < -0.3 is 8.98 Å². The SMILES string of the molecule is Cc1ccc2c(n1)oc1c(-c3nc4ccccc4n3-c3cccc4ccccc34)[c-]ccc12.[2H]C([2H])([2H])c1c[c-]c(-c2cc(C([2H])([2H])C(C)C)[c]([Ge]([CH3])([CH3])[CH3])cn2)cc1.[Ir]. The molecule has 4 heterocycles. The van der Waals surface area contributed by atoms with Gasteiger partial charge in [-0.3, -0.25) is 4.98 Å². The van der Waals surface area contributed by atoms with Gasteiger partial charge in [0.15, 0.2) is 0 Å². The van der Waals surface area contributed by atoms with E-state index in [0.717, 1.165) is 54.6 Å². The quantitative estimate of drug-likeness (QED) is 0.123. The fourth-order valence-corrected chi connectivity index (χ4v) is 9.88. The van der Waals surface area contributed by atoms with Gasteiger partial charge in [-0.2, -0.15) is 0 Å². The number of benzene rings is 5. The van der Waals surface area contributed by atoms with Crippen LogP contribution in [0.3, 0.4) is 0 Å². The molecule has 0 amide bonds. The molecule has 5 nitrogen and oxygen atoms in total. The normalized spacial score (nSPS) is 13.5. The Morgan fingerprint density at radius 1 is 0.855 bits per heavy atom. The van der Waals surface area contributed by atoms with Gasteiger partial charge in [0.1, 0.15) is 0 Å². The number of pyridine rings is 2. The van der Waals surface area contributed by atoms with Crippen LogP contribution in [0.5, 0.6) is 0 Å². The van der Waals surface area contributed by atoms with Crippen molar-refractivity contribution in [3.05, 3.63) is 150 Å². The van der Waals surface area contributed by atoms with Gasteiger partial charge in [-0.05, 0) is 42.6 Å². The van der Waals surface area contributed by atoms with Crippen LogP contribution in [0.4, 0.5) is 0 Å². The molecule has 5 aromatic carbocycles. The monoisotopic (exact) mass is 964 g/mol. The molecule has 9 aromatic rings. The summed E-state index contributed by atoms with van der Waals surface area (Å²) in [6.45, 7) is 3.58. The van der Waals surface area contributed by atoms with Crippen LogP contribution in [0.1, 0.15) is 37.5 Å². The molecule has 0 spiro atoms. The number of fused-ring (bicyclic) bond motifs is 5. The molecule has 55 heavy (non-hydrogen) atoms. The first-order valence-electron chi connectivity index (χ1n) is 20.7. The molecule has 0 atom stereocenters. The van der Waals surface area contributed by atoms with Crippen molar-refractivity contribution in [2.24, 2.45) is 5.92 Å². The maximum absolute atomic E-state index is 8.60. The zero-order valence-electron chi connectivity index (χ0n) is 36.7. The predicted molar refractivity (Wildman–Crippen MR) is 227 cm³/mol. The molecule has 1 radical (unpaired) electrons. The Bertz CT molecular complexity index is 3000. The molecule has 4 aromatic heterocycles. The van der Waals surface area contributed by atoms with Gasteiger partial charge in [0, 0.05) is 42.3 Å². The van der Waals surface area contributed by atoms with Crippen molar-refractivity contribution in [3.8, 4) is 28.3 Å². The molecule has 0 unspecified atom stereocenters. The van der Waals surface area contributed by atoms with Crippen molar-refractivity contribution >= 4 is 61.5 Å². The number of rotatable bonds is 6. The molecule has 277 valence electrons. The van der Waals surface area contributed by atoms with E-state index in [0.29, 0.717) is 22.5 Å². The van der Waals surface area contributed by atoms with Crippen LogP contribution in [0.2, 0.25) is 17.3 Å². The summed E-state index contributed by atoms with van der Waals surface area (Å²) in [5.41, 5.74) is 8.42. The summed E-state index contributed by atoms with van der Waals surface area (Å²) in [4.78, 5) is 14.2. The molecular weight excluding hydrogens is 913 g/mol. The molecule has 0 aliphatic rings. The number of imidazole rings is 1. The zero-order valence-corrected chi connectivity index (χ0v) is 36.1. The van der Waals surface area contributed by atoms with Crippen molar-refractivity contribution in [2.45, 2.75) is 51.3 Å². The molecule has 0 saturated carbocycles. The minimum atomic E-state index is -2.32. The van der Waals surface area contributed by atoms with Crippen LogP contribution in [-0.2, 0) is 26.5 Å². The average Bonchev–Trinajstić information content (AvgIpc) is 3.78. The van der Waals surface area contributed by atoms with E-state index < -0.39 is 26.5 Å². The van der Waals surface area contributed by atoms with Gasteiger partial charge >= 0.3 is 139 Å². The van der Waals surface area contributed by atoms with E-state index in [9.17, 15) is 0 Å². The molecule has 0 N–H and O–H groups in total. The molecule has 0 bridgehead atoms. The first-order valence-corrected chi connectivity index (χ1v) is 25.6. The first kappa shape index (κ1) is 32.4. The number of aryl methyl sites for hydroxylation is 2. The molecule has 0 fully saturated rings. The summed E-state index contributed by atoms with van der Waals surface area (Å²) in [6.07, 6.45) is 0.362. The molecular formula is C48H44GeIrN4O-2. The number of nitrogens with zero attached hydrogens (tertiary/aromatic N) is 4. The summed E-state index contributed by atoms with van der Waals surface area (Å²) in [7, 11) is 0. The van der Waals surface area contributed by atoms with Gasteiger partial charge in [-0.15, -0.1) is 18.2 Å². The minimum absolute atomic E-state index is 0. The maximum Gasteiger partial charge on any atom is 0 e. The van der Waals surface area contributed by atoms with E-state index in [1.807, 2.05) is 69.4 Å². The van der Waals surface area contributed by atoms with Crippen molar-refractivity contribution in [3.63, 3.8) is 0 Å². The number of hydrogen-bond acceptors (Lipinski definition) is 4. The Balaban J connectivity index is 0.000000185. The predicted octanol–water partition coefficient (Wildman–Crippen LogP) is 11.8. The summed E-state index contributed by atoms with van der Waals surface area (Å²) in [5.74, 6) is 7.33. The Kier molecular flexibility index (Phi) is 9.24. The third kappa shape index (κ3) is 7.69. The largest absolute Gasteiger partial charge is 0 e. The Morgan fingerprint density at radius 3 is 2.44 bits per heavy atom. The fourth-order valence-electron chi connectivity index (χ4n) is 6.94. The summed E-state index contributed by atoms with van der Waals surface area (Å²) < 4.78 is 49.2. The van der Waals surface area contributed by atoms with E-state index in [1.54, 1.807) is 12.1 Å². The van der Waals surface area contributed by atoms with Crippen molar-refractivity contribution < 1.29 is 31.4 Å². The van der Waals surface area contributed by atoms with Crippen molar-refractivity contribution in [1.82, 2.24) is 19.5 Å². The van der Waals surface area contributed by atoms with E-state index in [2.05, 4.69) is 98.5 Å². The molecule has 7 heteroatoms. The van der Waals surface area contributed by atoms with Crippen LogP contribution < -0.4 is 4.40 Å². The van der Waals surface area contributed by atoms with Crippen LogP contribution in [0.25, 0.3) is 72.2 Å². The summed E-state index contributed by atoms with van der Waals surface area (Å²) in [5, 5.41) is 4.37. The standard InChI is InChI=1S/C29H18N3O.C19H26GeN.Ir/c1-18-16-17-22-21-11-7-12-23(27(21)33-29(22)30-18)28-31-24-13-4-5-14-26(24)32(28)25-15-6-9-19-8-2-3-10-20(19)25;1-14(2)11-17-12-19(16-9-7-15(3)8-10-16)21-13-18(17)20(4,5)6;/h2-11,13-17H,1H3;7-9,12-14H,11H2,1-6H3;/q2*-1;/i;3D3,11D2;. The summed E-state index contributed by atoms with van der Waals surface area (Å²) in [6, 6.07) is 44.0.